The Balaban J connectivity index is 1.34. The van der Waals surface area contributed by atoms with Gasteiger partial charge in [-0.3, -0.25) is 9.59 Å². The molecule has 2 amide bonds. The van der Waals surface area contributed by atoms with Crippen LogP contribution < -0.4 is 19.8 Å². The third-order valence-electron chi connectivity index (χ3n) is 4.65. The molecule has 0 unspecified atom stereocenters. The SMILES string of the molecule is O=C(C[n+]1ccc(-c2cc[n+](CC(=O)NC3CC3)cc2)cc1)NC1CC1. The molecule has 2 N–H and O–H groups in total. The summed E-state index contributed by atoms with van der Waals surface area (Å²) in [7, 11) is 0. The van der Waals surface area contributed by atoms with E-state index >= 15 is 0 Å². The van der Waals surface area contributed by atoms with E-state index in [0.29, 0.717) is 25.2 Å². The largest absolute Gasteiger partial charge is 0.348 e. The summed E-state index contributed by atoms with van der Waals surface area (Å²) >= 11 is 0. The van der Waals surface area contributed by atoms with Crippen LogP contribution in [0, 0.1) is 0 Å². The van der Waals surface area contributed by atoms with Gasteiger partial charge in [0.1, 0.15) is 0 Å². The van der Waals surface area contributed by atoms with Gasteiger partial charge in [0.15, 0.2) is 24.8 Å². The minimum absolute atomic E-state index is 0.0653. The Kier molecular flexibility index (Phi) is 4.65. The van der Waals surface area contributed by atoms with Gasteiger partial charge in [0, 0.05) is 36.3 Å². The first-order chi connectivity index (χ1) is 12.7. The molecule has 4 rings (SSSR count). The molecule has 2 aliphatic rings. The molecule has 2 aliphatic carbocycles. The molecular weight excluding hydrogens is 328 g/mol. The smallest absolute Gasteiger partial charge is 0.286 e. The highest BCUT2D eigenvalue weighted by atomic mass is 16.2. The quantitative estimate of drug-likeness (QED) is 0.712. The van der Waals surface area contributed by atoms with Crippen molar-refractivity contribution in [3.8, 4) is 11.1 Å². The first-order valence-electron chi connectivity index (χ1n) is 9.23. The molecular formula is C20H24N4O2+2. The number of nitrogens with zero attached hydrogens (tertiary/aromatic N) is 2. The number of nitrogens with one attached hydrogen (secondary N) is 2. The number of carbonyl (C=O) groups excluding carboxylic acids is 2. The van der Waals surface area contributed by atoms with Gasteiger partial charge >= 0.3 is 0 Å². The topological polar surface area (TPSA) is 66.0 Å². The predicted octanol–water partition coefficient (Wildman–Crippen LogP) is 0.486. The Morgan fingerprint density at radius 1 is 0.731 bits per heavy atom. The van der Waals surface area contributed by atoms with E-state index in [4.69, 9.17) is 0 Å². The van der Waals surface area contributed by atoms with Gasteiger partial charge < -0.3 is 10.6 Å². The van der Waals surface area contributed by atoms with Gasteiger partial charge in [-0.1, -0.05) is 0 Å². The van der Waals surface area contributed by atoms with Gasteiger partial charge in [-0.25, -0.2) is 0 Å². The highest BCUT2D eigenvalue weighted by molar-refractivity contribution is 5.75. The van der Waals surface area contributed by atoms with Crippen LogP contribution >= 0.6 is 0 Å². The van der Waals surface area contributed by atoms with E-state index < -0.39 is 0 Å². The first kappa shape index (κ1) is 16.7. The lowest BCUT2D eigenvalue weighted by Gasteiger charge is -2.03. The van der Waals surface area contributed by atoms with Crippen LogP contribution in [0.2, 0.25) is 0 Å². The average Bonchev–Trinajstić information content (AvgIpc) is 3.54. The molecule has 0 spiro atoms. The van der Waals surface area contributed by atoms with Gasteiger partial charge in [-0.05, 0) is 36.8 Å². The number of pyridine rings is 2. The van der Waals surface area contributed by atoms with E-state index in [0.717, 1.165) is 36.8 Å². The third kappa shape index (κ3) is 4.65. The molecule has 6 heteroatoms. The van der Waals surface area contributed by atoms with Crippen LogP contribution in [0.1, 0.15) is 25.7 Å². The lowest BCUT2D eigenvalue weighted by molar-refractivity contribution is -0.684. The van der Waals surface area contributed by atoms with Crippen molar-refractivity contribution in [3.05, 3.63) is 49.1 Å². The van der Waals surface area contributed by atoms with Crippen LogP contribution in [0.4, 0.5) is 0 Å². The molecule has 0 radical (unpaired) electrons. The second-order valence-electron chi connectivity index (χ2n) is 7.20. The normalized spacial score (nSPS) is 16.2. The zero-order valence-electron chi connectivity index (χ0n) is 14.7. The minimum atomic E-state index is 0.0653. The van der Waals surface area contributed by atoms with Crippen molar-refractivity contribution in [1.82, 2.24) is 10.6 Å². The molecule has 134 valence electrons. The zero-order valence-corrected chi connectivity index (χ0v) is 14.7. The zero-order chi connectivity index (χ0) is 17.9. The molecule has 2 aromatic heterocycles. The molecule has 6 nitrogen and oxygen atoms in total. The summed E-state index contributed by atoms with van der Waals surface area (Å²) in [4.78, 5) is 23.7. The van der Waals surface area contributed by atoms with Gasteiger partial charge in [0.25, 0.3) is 11.8 Å². The van der Waals surface area contributed by atoms with E-state index in [1.807, 2.05) is 58.2 Å². The molecule has 2 fully saturated rings. The van der Waals surface area contributed by atoms with Crippen molar-refractivity contribution in [2.45, 2.75) is 50.9 Å². The average molecular weight is 352 g/mol. The molecule has 0 aromatic carbocycles. The Bertz CT molecular complexity index is 724. The van der Waals surface area contributed by atoms with Gasteiger partial charge in [0.05, 0.1) is 0 Å². The van der Waals surface area contributed by atoms with E-state index in [2.05, 4.69) is 10.6 Å². The Morgan fingerprint density at radius 3 is 1.38 bits per heavy atom. The van der Waals surface area contributed by atoms with E-state index in [1.54, 1.807) is 0 Å². The van der Waals surface area contributed by atoms with E-state index in [-0.39, 0.29) is 11.8 Å². The van der Waals surface area contributed by atoms with Crippen LogP contribution in [0.15, 0.2) is 49.1 Å². The van der Waals surface area contributed by atoms with Crippen molar-refractivity contribution in [1.29, 1.82) is 0 Å². The molecule has 0 atom stereocenters. The lowest BCUT2D eigenvalue weighted by atomic mass is 10.1. The number of rotatable bonds is 7. The molecule has 0 bridgehead atoms. The maximum Gasteiger partial charge on any atom is 0.286 e. The molecule has 2 heterocycles. The van der Waals surface area contributed by atoms with Gasteiger partial charge in [-0.2, -0.15) is 9.13 Å². The van der Waals surface area contributed by atoms with Crippen LogP contribution in [0.3, 0.4) is 0 Å². The fraction of sp³-hybridized carbons (Fsp3) is 0.400. The third-order valence-corrected chi connectivity index (χ3v) is 4.65. The van der Waals surface area contributed by atoms with E-state index in [1.165, 1.54) is 0 Å². The van der Waals surface area contributed by atoms with Gasteiger partial charge in [-0.15, -0.1) is 0 Å². The van der Waals surface area contributed by atoms with Crippen LogP contribution in [0.5, 0.6) is 0 Å². The highest BCUT2D eigenvalue weighted by Crippen LogP contribution is 2.19. The van der Waals surface area contributed by atoms with Crippen molar-refractivity contribution in [3.63, 3.8) is 0 Å². The second kappa shape index (κ2) is 7.23. The summed E-state index contributed by atoms with van der Waals surface area (Å²) in [6.07, 6.45) is 12.1. The fourth-order valence-electron chi connectivity index (χ4n) is 2.84. The summed E-state index contributed by atoms with van der Waals surface area (Å²) in [5.41, 5.74) is 2.16. The van der Waals surface area contributed by atoms with Crippen molar-refractivity contribution >= 4 is 11.8 Å². The maximum absolute atomic E-state index is 11.8. The first-order valence-corrected chi connectivity index (χ1v) is 9.23. The number of carbonyl (C=O) groups is 2. The van der Waals surface area contributed by atoms with Crippen LogP contribution in [-0.2, 0) is 22.7 Å². The fourth-order valence-corrected chi connectivity index (χ4v) is 2.84. The molecule has 26 heavy (non-hydrogen) atoms. The van der Waals surface area contributed by atoms with Crippen LogP contribution in [0.25, 0.3) is 11.1 Å². The molecule has 0 aliphatic heterocycles. The monoisotopic (exact) mass is 352 g/mol. The minimum Gasteiger partial charge on any atom is -0.348 e. The highest BCUT2D eigenvalue weighted by Gasteiger charge is 2.25. The lowest BCUT2D eigenvalue weighted by Crippen LogP contribution is -2.43. The Morgan fingerprint density at radius 2 is 1.08 bits per heavy atom. The standard InChI is InChI=1S/C20H22N4O2/c25-19(21-17-1-2-17)13-23-9-5-15(6-10-23)16-7-11-24(12-8-16)14-20(26)22-18-3-4-18/h5-12,17-18H,1-4,13-14H2/p+2. The maximum atomic E-state index is 11.8. The number of aromatic nitrogens is 2. The summed E-state index contributed by atoms with van der Waals surface area (Å²) < 4.78 is 3.76. The molecule has 2 saturated carbocycles. The summed E-state index contributed by atoms with van der Waals surface area (Å²) in [6.45, 7) is 0.698. The molecule has 0 saturated heterocycles. The predicted molar refractivity (Wildman–Crippen MR) is 94.6 cm³/mol. The summed E-state index contributed by atoms with van der Waals surface area (Å²) in [5, 5.41) is 5.98. The summed E-state index contributed by atoms with van der Waals surface area (Å²) in [5.74, 6) is 0.131. The Hall–Kier alpha value is -2.76. The molecule has 2 aromatic rings. The van der Waals surface area contributed by atoms with Crippen molar-refractivity contribution in [2.24, 2.45) is 0 Å². The van der Waals surface area contributed by atoms with Gasteiger partial charge in [0.2, 0.25) is 13.1 Å². The van der Waals surface area contributed by atoms with Crippen molar-refractivity contribution in [2.75, 3.05) is 0 Å². The number of hydrogen-bond acceptors (Lipinski definition) is 2. The Labute approximate surface area is 152 Å². The van der Waals surface area contributed by atoms with Crippen LogP contribution in [-0.4, -0.2) is 23.9 Å². The number of hydrogen-bond donors (Lipinski definition) is 2. The summed E-state index contributed by atoms with van der Waals surface area (Å²) in [6, 6.07) is 8.80. The van der Waals surface area contributed by atoms with E-state index in [9.17, 15) is 9.59 Å². The van der Waals surface area contributed by atoms with Crippen molar-refractivity contribution < 1.29 is 18.7 Å². The number of amides is 2. The second-order valence-corrected chi connectivity index (χ2v) is 7.20.